The lowest BCUT2D eigenvalue weighted by molar-refractivity contribution is 0.311. The number of rotatable bonds is 5. The highest BCUT2D eigenvalue weighted by Crippen LogP contribution is 2.45. The highest BCUT2D eigenvalue weighted by Gasteiger charge is 2.36. The van der Waals surface area contributed by atoms with Crippen molar-refractivity contribution >= 4 is 82.3 Å². The molecule has 272 valence electrons. The summed E-state index contributed by atoms with van der Waals surface area (Å²) in [6.45, 7) is 2.29. The Kier molecular flexibility index (Phi) is 7.03. The van der Waals surface area contributed by atoms with E-state index in [2.05, 4.69) is 168 Å². The highest BCUT2D eigenvalue weighted by atomic mass is 16.3. The minimum atomic E-state index is -0.119. The summed E-state index contributed by atoms with van der Waals surface area (Å²) >= 11 is 0. The van der Waals surface area contributed by atoms with E-state index < -0.39 is 0 Å². The van der Waals surface area contributed by atoms with Crippen LogP contribution in [-0.4, -0.2) is 10.4 Å². The van der Waals surface area contributed by atoms with E-state index in [0.717, 1.165) is 78.4 Å². The number of aromatic nitrogens is 1. The van der Waals surface area contributed by atoms with E-state index in [1.807, 2.05) is 18.2 Å². The molecule has 2 unspecified atom stereocenters. The van der Waals surface area contributed by atoms with Crippen LogP contribution in [0.4, 0.5) is 0 Å². The van der Waals surface area contributed by atoms with Crippen molar-refractivity contribution in [3.63, 3.8) is 0 Å². The highest BCUT2D eigenvalue weighted by molar-refractivity contribution is 6.20. The zero-order chi connectivity index (χ0) is 37.6. The second-order valence-corrected chi connectivity index (χ2v) is 15.4. The first-order chi connectivity index (χ1) is 28.2. The van der Waals surface area contributed by atoms with Gasteiger partial charge in [-0.2, -0.15) is 0 Å². The van der Waals surface area contributed by atoms with Gasteiger partial charge in [-0.15, -0.1) is 0 Å². The Morgan fingerprint density at radius 1 is 0.526 bits per heavy atom. The molecular weight excluding hydrogens is 699 g/mol. The molecular formula is C52H37N3O2. The molecule has 5 nitrogen and oxygen atoms in total. The predicted molar refractivity (Wildman–Crippen MR) is 235 cm³/mol. The third-order valence-electron chi connectivity index (χ3n) is 12.3. The average molecular weight is 736 g/mol. The number of benzene rings is 8. The monoisotopic (exact) mass is 735 g/mol. The number of nitrogens with one attached hydrogen (secondary N) is 1. The van der Waals surface area contributed by atoms with Gasteiger partial charge < -0.3 is 18.7 Å². The molecule has 11 aromatic rings. The van der Waals surface area contributed by atoms with Crippen LogP contribution in [0.2, 0.25) is 0 Å². The van der Waals surface area contributed by atoms with Crippen LogP contribution in [0.5, 0.6) is 0 Å². The lowest BCUT2D eigenvalue weighted by Gasteiger charge is -2.38. The Balaban J connectivity index is 1.14. The molecule has 0 bridgehead atoms. The minimum absolute atomic E-state index is 0.0157. The third-order valence-corrected chi connectivity index (χ3v) is 12.3. The van der Waals surface area contributed by atoms with Crippen molar-refractivity contribution in [1.82, 2.24) is 9.88 Å². The maximum Gasteiger partial charge on any atom is 0.138 e. The van der Waals surface area contributed by atoms with Crippen molar-refractivity contribution in [3.05, 3.63) is 187 Å². The SMILES string of the molecule is CC[C@@H]1C(c2ccc3oc4ccccc4c3c2)N=C(c2cc(-n3c4ccccc4c4cc5ccccc5cc43)cc3oc4ccccc4c23)NC1c1ccccc1. The number of para-hydroxylation sites is 3. The maximum absolute atomic E-state index is 6.76. The number of fused-ring (bicyclic) bond motifs is 10. The van der Waals surface area contributed by atoms with Gasteiger partial charge in [-0.25, -0.2) is 0 Å². The Hall–Kier alpha value is -7.11. The second kappa shape index (κ2) is 12.5. The van der Waals surface area contributed by atoms with Gasteiger partial charge >= 0.3 is 0 Å². The average Bonchev–Trinajstić information content (AvgIpc) is 3.94. The zero-order valence-electron chi connectivity index (χ0n) is 31.3. The Morgan fingerprint density at radius 2 is 1.19 bits per heavy atom. The predicted octanol–water partition coefficient (Wildman–Crippen LogP) is 13.6. The fourth-order valence-electron chi connectivity index (χ4n) is 9.64. The molecule has 1 aliphatic rings. The number of amidine groups is 1. The van der Waals surface area contributed by atoms with E-state index in [0.29, 0.717) is 0 Å². The smallest absolute Gasteiger partial charge is 0.138 e. The molecule has 1 N–H and O–H groups in total. The fourth-order valence-corrected chi connectivity index (χ4v) is 9.64. The van der Waals surface area contributed by atoms with Gasteiger partial charge in [0, 0.05) is 49.9 Å². The van der Waals surface area contributed by atoms with Crippen LogP contribution in [0.25, 0.3) is 82.1 Å². The van der Waals surface area contributed by atoms with Crippen LogP contribution in [0.3, 0.4) is 0 Å². The van der Waals surface area contributed by atoms with E-state index in [1.54, 1.807) is 0 Å². The lowest BCUT2D eigenvalue weighted by atomic mass is 9.80. The summed E-state index contributed by atoms with van der Waals surface area (Å²) in [6.07, 6.45) is 0.942. The van der Waals surface area contributed by atoms with E-state index in [9.17, 15) is 0 Å². The lowest BCUT2D eigenvalue weighted by Crippen LogP contribution is -2.41. The molecule has 0 saturated carbocycles. The van der Waals surface area contributed by atoms with Crippen LogP contribution in [0.15, 0.2) is 184 Å². The van der Waals surface area contributed by atoms with E-state index in [-0.39, 0.29) is 18.0 Å². The summed E-state index contributed by atoms with van der Waals surface area (Å²) in [5, 5.41) is 13.3. The van der Waals surface area contributed by atoms with Gasteiger partial charge in [-0.05, 0) is 76.9 Å². The first-order valence-corrected chi connectivity index (χ1v) is 19.9. The zero-order valence-corrected chi connectivity index (χ0v) is 31.3. The summed E-state index contributed by atoms with van der Waals surface area (Å²) in [6, 6.07) is 60.6. The van der Waals surface area contributed by atoms with E-state index in [1.165, 1.54) is 32.7 Å². The fraction of sp³-hybridized carbons (Fsp3) is 0.0962. The van der Waals surface area contributed by atoms with Gasteiger partial charge in [0.05, 0.1) is 28.8 Å². The van der Waals surface area contributed by atoms with Crippen molar-refractivity contribution in [1.29, 1.82) is 0 Å². The largest absolute Gasteiger partial charge is 0.456 e. The summed E-state index contributed by atoms with van der Waals surface area (Å²) in [5.74, 6) is 1.05. The number of hydrogen-bond acceptors (Lipinski definition) is 4. The van der Waals surface area contributed by atoms with Gasteiger partial charge in [-0.1, -0.05) is 122 Å². The first-order valence-electron chi connectivity index (χ1n) is 19.9. The van der Waals surface area contributed by atoms with Crippen molar-refractivity contribution in [2.45, 2.75) is 25.4 Å². The van der Waals surface area contributed by atoms with Crippen LogP contribution in [-0.2, 0) is 0 Å². The summed E-state index contributed by atoms with van der Waals surface area (Å²) in [7, 11) is 0. The van der Waals surface area contributed by atoms with Crippen molar-refractivity contribution in [3.8, 4) is 5.69 Å². The third kappa shape index (κ3) is 4.91. The van der Waals surface area contributed by atoms with Gasteiger partial charge in [0.15, 0.2) is 0 Å². The Bertz CT molecular complexity index is 3400. The van der Waals surface area contributed by atoms with Crippen LogP contribution in [0, 0.1) is 5.92 Å². The minimum Gasteiger partial charge on any atom is -0.456 e. The maximum atomic E-state index is 6.76. The van der Waals surface area contributed by atoms with Crippen LogP contribution in [0.1, 0.15) is 42.1 Å². The molecule has 8 aromatic carbocycles. The molecule has 0 aliphatic carbocycles. The molecule has 0 radical (unpaired) electrons. The molecule has 3 aromatic heterocycles. The quantitative estimate of drug-likeness (QED) is 0.191. The van der Waals surface area contributed by atoms with Gasteiger partial charge in [0.2, 0.25) is 0 Å². The summed E-state index contributed by atoms with van der Waals surface area (Å²) in [4.78, 5) is 5.77. The molecule has 12 rings (SSSR count). The molecule has 5 heteroatoms. The van der Waals surface area contributed by atoms with Gasteiger partial charge in [-0.3, -0.25) is 4.99 Å². The molecule has 0 fully saturated rings. The van der Waals surface area contributed by atoms with Gasteiger partial charge in [0.25, 0.3) is 0 Å². The molecule has 1 aliphatic heterocycles. The number of nitrogens with zero attached hydrogens (tertiary/aromatic N) is 2. The summed E-state index contributed by atoms with van der Waals surface area (Å²) in [5.41, 5.74) is 10.3. The molecule has 4 heterocycles. The molecule has 57 heavy (non-hydrogen) atoms. The van der Waals surface area contributed by atoms with Crippen LogP contribution < -0.4 is 5.32 Å². The normalized spacial score (nSPS) is 17.4. The first kappa shape index (κ1) is 32.2. The standard InChI is InChI=1S/C52H37N3O2/c1-2-36-50(31-14-4-3-5-15-31)53-52(54-51(36)34-24-25-47-41(27-34)38-19-9-12-22-45(38)56-47)42-29-35(30-48-49(42)39-20-10-13-23-46(39)57-48)55-43-21-11-8-18-37(43)40-26-32-16-6-7-17-33(32)28-44(40)55/h3-30,36,50-51H,2H2,1H3,(H,53,54)/t36-,50?,51?/m0/s1. The van der Waals surface area contributed by atoms with E-state index in [4.69, 9.17) is 13.8 Å². The van der Waals surface area contributed by atoms with E-state index >= 15 is 0 Å². The number of hydrogen-bond donors (Lipinski definition) is 1. The second-order valence-electron chi connectivity index (χ2n) is 15.4. The molecule has 3 atom stereocenters. The topological polar surface area (TPSA) is 55.6 Å². The molecule has 0 spiro atoms. The summed E-state index contributed by atoms with van der Waals surface area (Å²) < 4.78 is 15.4. The van der Waals surface area contributed by atoms with Gasteiger partial charge in [0.1, 0.15) is 28.2 Å². The molecule has 0 saturated heterocycles. The number of furan rings is 2. The van der Waals surface area contributed by atoms with Crippen molar-refractivity contribution in [2.24, 2.45) is 10.9 Å². The molecule has 0 amide bonds. The Labute approximate surface area is 328 Å². The number of aliphatic imine (C=N–C) groups is 1. The van der Waals surface area contributed by atoms with Crippen molar-refractivity contribution < 1.29 is 8.83 Å². The Morgan fingerprint density at radius 3 is 2.02 bits per heavy atom. The van der Waals surface area contributed by atoms with Crippen LogP contribution >= 0.6 is 0 Å². The van der Waals surface area contributed by atoms with Crippen molar-refractivity contribution in [2.75, 3.05) is 0 Å².